The van der Waals surface area contributed by atoms with Crippen LogP contribution >= 0.6 is 23.5 Å². The fourth-order valence-corrected chi connectivity index (χ4v) is 2.18. The number of hydrogen-bond donors (Lipinski definition) is 2. The van der Waals surface area contributed by atoms with E-state index in [0.29, 0.717) is 0 Å². The summed E-state index contributed by atoms with van der Waals surface area (Å²) in [5.41, 5.74) is 6.70. The van der Waals surface area contributed by atoms with Crippen molar-refractivity contribution in [2.24, 2.45) is 16.7 Å². The van der Waals surface area contributed by atoms with Crippen molar-refractivity contribution in [2.75, 3.05) is 6.26 Å². The van der Waals surface area contributed by atoms with Gasteiger partial charge in [0.2, 0.25) is 0 Å². The molecule has 0 saturated heterocycles. The van der Waals surface area contributed by atoms with E-state index in [-0.39, 0.29) is 5.37 Å². The highest BCUT2D eigenvalue weighted by molar-refractivity contribution is 8.14. The number of rotatable bonds is 3. The average molecular weight is 241 g/mol. The third-order valence-electron chi connectivity index (χ3n) is 1.75. The first-order chi connectivity index (χ1) is 7.17. The number of nitrogens with zero attached hydrogens (tertiary/aromatic N) is 1. The van der Waals surface area contributed by atoms with Gasteiger partial charge >= 0.3 is 0 Å². The number of hydrazone groups is 1. The monoisotopic (exact) mass is 241 g/mol. The first-order valence-corrected chi connectivity index (χ1v) is 6.62. The Morgan fingerprint density at radius 1 is 1.33 bits per heavy atom. The molecule has 0 radical (unpaired) electrons. The van der Waals surface area contributed by atoms with Gasteiger partial charge < -0.3 is 11.6 Å². The minimum Gasteiger partial charge on any atom is -0.322 e. The van der Waals surface area contributed by atoms with Gasteiger partial charge in [-0.15, -0.1) is 11.8 Å². The number of thioether (sulfide) groups is 2. The molecule has 0 spiro atoms. The molecule has 0 fully saturated rings. The fraction of sp³-hybridized carbons (Fsp3) is 0.300. The number of nitrogens with two attached hydrogens (primary N) is 2. The summed E-state index contributed by atoms with van der Waals surface area (Å²) < 4.78 is 0. The van der Waals surface area contributed by atoms with Crippen LogP contribution < -0.4 is 11.6 Å². The van der Waals surface area contributed by atoms with Crippen molar-refractivity contribution in [2.45, 2.75) is 17.2 Å². The molecule has 1 aromatic rings. The lowest BCUT2D eigenvalue weighted by Gasteiger charge is -2.08. The highest BCUT2D eigenvalue weighted by atomic mass is 32.2. The zero-order chi connectivity index (χ0) is 11.3. The highest BCUT2D eigenvalue weighted by Gasteiger charge is 2.06. The van der Waals surface area contributed by atoms with E-state index in [4.69, 9.17) is 11.6 Å². The van der Waals surface area contributed by atoms with Gasteiger partial charge in [-0.3, -0.25) is 0 Å². The summed E-state index contributed by atoms with van der Waals surface area (Å²) in [7, 11) is 0. The van der Waals surface area contributed by atoms with Gasteiger partial charge in [-0.25, -0.2) is 0 Å². The van der Waals surface area contributed by atoms with Crippen LogP contribution in [0.25, 0.3) is 0 Å². The maximum absolute atomic E-state index is 5.68. The van der Waals surface area contributed by atoms with Gasteiger partial charge in [-0.1, -0.05) is 23.9 Å². The van der Waals surface area contributed by atoms with E-state index < -0.39 is 0 Å². The van der Waals surface area contributed by atoms with E-state index in [1.165, 1.54) is 16.7 Å². The lowest BCUT2D eigenvalue weighted by Crippen LogP contribution is -2.14. The van der Waals surface area contributed by atoms with Gasteiger partial charge in [-0.05, 0) is 25.3 Å². The first-order valence-electron chi connectivity index (χ1n) is 4.52. The number of hydrogen-bond acceptors (Lipinski definition) is 5. The molecule has 82 valence electrons. The van der Waals surface area contributed by atoms with Crippen molar-refractivity contribution in [3.05, 3.63) is 29.8 Å². The SMILES string of the molecule is CSc1ccc(/C(=N/N)SC(C)N)cc1. The number of benzene rings is 1. The van der Waals surface area contributed by atoms with Crippen LogP contribution in [0, 0.1) is 0 Å². The van der Waals surface area contributed by atoms with Gasteiger partial charge in [-0.2, -0.15) is 5.10 Å². The second-order valence-electron chi connectivity index (χ2n) is 2.99. The Morgan fingerprint density at radius 3 is 2.33 bits per heavy atom. The molecule has 0 aromatic heterocycles. The summed E-state index contributed by atoms with van der Waals surface area (Å²) in [6.45, 7) is 1.91. The molecule has 4 N–H and O–H groups in total. The van der Waals surface area contributed by atoms with Crippen molar-refractivity contribution >= 4 is 28.6 Å². The molecule has 0 aliphatic rings. The molecule has 0 aliphatic carbocycles. The Hall–Kier alpha value is -0.650. The summed E-state index contributed by atoms with van der Waals surface area (Å²) >= 11 is 3.17. The minimum atomic E-state index is -0.00692. The summed E-state index contributed by atoms with van der Waals surface area (Å²) in [5.74, 6) is 5.33. The zero-order valence-electron chi connectivity index (χ0n) is 8.81. The molecule has 15 heavy (non-hydrogen) atoms. The van der Waals surface area contributed by atoms with Crippen LogP contribution in [-0.2, 0) is 0 Å². The molecule has 0 saturated carbocycles. The Labute approximate surface area is 98.7 Å². The van der Waals surface area contributed by atoms with Crippen molar-refractivity contribution in [3.63, 3.8) is 0 Å². The van der Waals surface area contributed by atoms with Gasteiger partial charge in [0.15, 0.2) is 0 Å². The molecule has 1 unspecified atom stereocenters. The van der Waals surface area contributed by atoms with Crippen LogP contribution in [0.4, 0.5) is 0 Å². The van der Waals surface area contributed by atoms with Crippen LogP contribution in [0.1, 0.15) is 12.5 Å². The quantitative estimate of drug-likeness (QED) is 0.212. The normalized spacial score (nSPS) is 13.9. The van der Waals surface area contributed by atoms with Gasteiger partial charge in [0.1, 0.15) is 5.04 Å². The van der Waals surface area contributed by atoms with Crippen molar-refractivity contribution < 1.29 is 0 Å². The summed E-state index contributed by atoms with van der Waals surface area (Å²) in [5, 5.41) is 4.52. The van der Waals surface area contributed by atoms with Crippen LogP contribution in [0.3, 0.4) is 0 Å². The molecule has 3 nitrogen and oxygen atoms in total. The van der Waals surface area contributed by atoms with E-state index in [9.17, 15) is 0 Å². The van der Waals surface area contributed by atoms with Crippen LogP contribution in [0.2, 0.25) is 0 Å². The Bertz CT molecular complexity index is 333. The molecule has 0 amide bonds. The van der Waals surface area contributed by atoms with Gasteiger partial charge in [0.25, 0.3) is 0 Å². The summed E-state index contributed by atoms with van der Waals surface area (Å²) in [6, 6.07) is 8.11. The van der Waals surface area contributed by atoms with E-state index in [0.717, 1.165) is 10.6 Å². The predicted octanol–water partition coefficient (Wildman–Crippen LogP) is 2.07. The van der Waals surface area contributed by atoms with E-state index >= 15 is 0 Å². The van der Waals surface area contributed by atoms with Crippen LogP contribution in [-0.4, -0.2) is 16.7 Å². The lowest BCUT2D eigenvalue weighted by atomic mass is 10.2. The molecule has 5 heteroatoms. The Kier molecular flexibility index (Phi) is 5.01. The molecule has 0 aliphatic heterocycles. The molecule has 0 bridgehead atoms. The zero-order valence-corrected chi connectivity index (χ0v) is 10.4. The molecule has 1 atom stereocenters. The van der Waals surface area contributed by atoms with E-state index in [2.05, 4.69) is 5.10 Å². The lowest BCUT2D eigenvalue weighted by molar-refractivity contribution is 1.05. The minimum absolute atomic E-state index is 0.00692. The third kappa shape index (κ3) is 3.77. The summed E-state index contributed by atoms with van der Waals surface area (Å²) in [6.07, 6.45) is 2.05. The maximum Gasteiger partial charge on any atom is 0.124 e. The Morgan fingerprint density at radius 2 is 1.93 bits per heavy atom. The molecule has 0 heterocycles. The summed E-state index contributed by atoms with van der Waals surface area (Å²) in [4.78, 5) is 1.22. The largest absolute Gasteiger partial charge is 0.322 e. The second kappa shape index (κ2) is 6.05. The molecule has 1 rings (SSSR count). The highest BCUT2D eigenvalue weighted by Crippen LogP contribution is 2.19. The molecule has 1 aromatic carbocycles. The average Bonchev–Trinajstić information content (AvgIpc) is 2.26. The predicted molar refractivity (Wildman–Crippen MR) is 70.2 cm³/mol. The molecular weight excluding hydrogens is 226 g/mol. The first kappa shape index (κ1) is 12.4. The topological polar surface area (TPSA) is 64.4 Å². The fourth-order valence-electron chi connectivity index (χ4n) is 1.08. The Balaban J connectivity index is 2.84. The van der Waals surface area contributed by atoms with Gasteiger partial charge in [0, 0.05) is 10.5 Å². The van der Waals surface area contributed by atoms with Crippen molar-refractivity contribution in [1.82, 2.24) is 0 Å². The van der Waals surface area contributed by atoms with Crippen LogP contribution in [0.5, 0.6) is 0 Å². The standard InChI is InChI=1S/C10H15N3S2/c1-7(11)15-10(13-12)8-3-5-9(14-2)6-4-8/h3-7H,11-12H2,1-2H3/b13-10-. The molecular formula is C10H15N3S2. The van der Waals surface area contributed by atoms with E-state index in [1.54, 1.807) is 11.8 Å². The van der Waals surface area contributed by atoms with Crippen LogP contribution in [0.15, 0.2) is 34.3 Å². The van der Waals surface area contributed by atoms with E-state index in [1.807, 2.05) is 37.4 Å². The third-order valence-corrected chi connectivity index (χ3v) is 3.43. The second-order valence-corrected chi connectivity index (χ2v) is 5.23. The maximum atomic E-state index is 5.68. The van der Waals surface area contributed by atoms with Crippen molar-refractivity contribution in [3.8, 4) is 0 Å². The van der Waals surface area contributed by atoms with Gasteiger partial charge in [0.05, 0.1) is 5.37 Å². The smallest absolute Gasteiger partial charge is 0.124 e. The van der Waals surface area contributed by atoms with Crippen molar-refractivity contribution in [1.29, 1.82) is 0 Å².